The van der Waals surface area contributed by atoms with E-state index in [2.05, 4.69) is 0 Å². The van der Waals surface area contributed by atoms with Crippen LogP contribution in [0.25, 0.3) is 0 Å². The topological polar surface area (TPSA) is 74.2 Å². The lowest BCUT2D eigenvalue weighted by Crippen LogP contribution is -2.59. The lowest BCUT2D eigenvalue weighted by Gasteiger charge is -2.47. The third-order valence-corrected chi connectivity index (χ3v) is 3.01. The van der Waals surface area contributed by atoms with Crippen molar-refractivity contribution >= 4 is 5.97 Å². The van der Waals surface area contributed by atoms with Gasteiger partial charge in [0.2, 0.25) is 0 Å². The molecule has 98 valence electrons. The molecule has 2 aliphatic heterocycles. The number of rotatable bonds is 2. The predicted octanol–water partition coefficient (Wildman–Crippen LogP) is 0.743. The second kappa shape index (κ2) is 4.53. The zero-order valence-corrected chi connectivity index (χ0v) is 10.2. The summed E-state index contributed by atoms with van der Waals surface area (Å²) in [7, 11) is 1.51. The maximum atomic E-state index is 10.9. The quantitative estimate of drug-likeness (QED) is 0.774. The van der Waals surface area contributed by atoms with E-state index in [0.717, 1.165) is 0 Å². The zero-order valence-electron chi connectivity index (χ0n) is 10.2. The van der Waals surface area contributed by atoms with Gasteiger partial charge in [-0.2, -0.15) is 0 Å². The van der Waals surface area contributed by atoms with Crippen LogP contribution in [0.3, 0.4) is 0 Å². The van der Waals surface area contributed by atoms with Gasteiger partial charge in [0.1, 0.15) is 6.10 Å². The number of hydrogen-bond donors (Lipinski definition) is 1. The van der Waals surface area contributed by atoms with Gasteiger partial charge in [0.05, 0.1) is 6.10 Å². The Morgan fingerprint density at radius 2 is 2.06 bits per heavy atom. The van der Waals surface area contributed by atoms with Gasteiger partial charge in [0, 0.05) is 7.11 Å². The SMILES string of the molecule is COC1OC(C)(C)OC2CCC(C(=O)O)OC21. The first kappa shape index (κ1) is 12.8. The Hall–Kier alpha value is -0.690. The normalized spacial score (nSPS) is 40.6. The number of hydrogen-bond acceptors (Lipinski definition) is 5. The monoisotopic (exact) mass is 246 g/mol. The highest BCUT2D eigenvalue weighted by Gasteiger charge is 2.48. The molecule has 0 aromatic rings. The van der Waals surface area contributed by atoms with Crippen LogP contribution < -0.4 is 0 Å². The Morgan fingerprint density at radius 1 is 1.35 bits per heavy atom. The van der Waals surface area contributed by atoms with Gasteiger partial charge in [-0.25, -0.2) is 4.79 Å². The average Bonchev–Trinajstić information content (AvgIpc) is 2.26. The number of carbonyl (C=O) groups is 1. The fourth-order valence-electron chi connectivity index (χ4n) is 2.29. The Balaban J connectivity index is 2.10. The smallest absolute Gasteiger partial charge is 0.332 e. The van der Waals surface area contributed by atoms with Gasteiger partial charge in [0.25, 0.3) is 0 Å². The van der Waals surface area contributed by atoms with Gasteiger partial charge in [0.15, 0.2) is 18.2 Å². The molecule has 2 rings (SSSR count). The van der Waals surface area contributed by atoms with Crippen LogP contribution >= 0.6 is 0 Å². The maximum Gasteiger partial charge on any atom is 0.332 e. The van der Waals surface area contributed by atoms with Gasteiger partial charge in [-0.05, 0) is 26.7 Å². The molecule has 0 aromatic carbocycles. The molecular formula is C11H18O6. The van der Waals surface area contributed by atoms with Crippen LogP contribution in [0.15, 0.2) is 0 Å². The Labute approximate surface area is 99.8 Å². The molecule has 2 heterocycles. The molecular weight excluding hydrogens is 228 g/mol. The zero-order chi connectivity index (χ0) is 12.6. The summed E-state index contributed by atoms with van der Waals surface area (Å²) >= 11 is 0. The number of methoxy groups -OCH3 is 1. The molecule has 2 aliphatic rings. The first-order chi connectivity index (χ1) is 7.93. The highest BCUT2D eigenvalue weighted by molar-refractivity contribution is 5.72. The highest BCUT2D eigenvalue weighted by Crippen LogP contribution is 2.35. The molecule has 0 bridgehead atoms. The summed E-state index contributed by atoms with van der Waals surface area (Å²) in [5.41, 5.74) is 0. The van der Waals surface area contributed by atoms with Crippen LogP contribution in [-0.4, -0.2) is 48.6 Å². The molecule has 0 aromatic heterocycles. The van der Waals surface area contributed by atoms with Crippen molar-refractivity contribution in [3.8, 4) is 0 Å². The maximum absolute atomic E-state index is 10.9. The van der Waals surface area contributed by atoms with Gasteiger partial charge in [-0.3, -0.25) is 0 Å². The average molecular weight is 246 g/mol. The van der Waals surface area contributed by atoms with E-state index < -0.39 is 30.3 Å². The number of aliphatic carboxylic acids is 1. The van der Waals surface area contributed by atoms with Gasteiger partial charge >= 0.3 is 5.97 Å². The van der Waals surface area contributed by atoms with Crippen LogP contribution in [0.5, 0.6) is 0 Å². The van der Waals surface area contributed by atoms with Gasteiger partial charge in [-0.1, -0.05) is 0 Å². The number of fused-ring (bicyclic) bond motifs is 1. The van der Waals surface area contributed by atoms with Crippen LogP contribution in [0, 0.1) is 0 Å². The lowest BCUT2D eigenvalue weighted by molar-refractivity contribution is -0.395. The predicted molar refractivity (Wildman–Crippen MR) is 56.4 cm³/mol. The molecule has 6 heteroatoms. The van der Waals surface area contributed by atoms with Crippen LogP contribution in [0.4, 0.5) is 0 Å². The largest absolute Gasteiger partial charge is 0.479 e. The van der Waals surface area contributed by atoms with E-state index in [0.29, 0.717) is 12.8 Å². The van der Waals surface area contributed by atoms with E-state index >= 15 is 0 Å². The van der Waals surface area contributed by atoms with Crippen molar-refractivity contribution in [2.24, 2.45) is 0 Å². The fraction of sp³-hybridized carbons (Fsp3) is 0.909. The molecule has 2 fully saturated rings. The molecule has 0 saturated carbocycles. The Kier molecular flexibility index (Phi) is 3.40. The highest BCUT2D eigenvalue weighted by atomic mass is 16.8. The van der Waals surface area contributed by atoms with E-state index in [-0.39, 0.29) is 6.10 Å². The summed E-state index contributed by atoms with van der Waals surface area (Å²) in [4.78, 5) is 10.9. The van der Waals surface area contributed by atoms with Crippen molar-refractivity contribution < 1.29 is 28.8 Å². The van der Waals surface area contributed by atoms with E-state index in [1.807, 2.05) is 0 Å². The third-order valence-electron chi connectivity index (χ3n) is 3.01. The molecule has 2 saturated heterocycles. The summed E-state index contributed by atoms with van der Waals surface area (Å²) in [5, 5.41) is 8.94. The summed E-state index contributed by atoms with van der Waals surface area (Å²) in [6.45, 7) is 3.61. The molecule has 6 nitrogen and oxygen atoms in total. The summed E-state index contributed by atoms with van der Waals surface area (Å²) in [5.74, 6) is -1.69. The molecule has 17 heavy (non-hydrogen) atoms. The second-order valence-corrected chi connectivity index (χ2v) is 4.78. The first-order valence-electron chi connectivity index (χ1n) is 5.69. The molecule has 1 N–H and O–H groups in total. The van der Waals surface area contributed by atoms with Crippen LogP contribution in [-0.2, 0) is 23.7 Å². The molecule has 0 radical (unpaired) electrons. The van der Waals surface area contributed by atoms with Gasteiger partial charge in [-0.15, -0.1) is 0 Å². The Bertz CT molecular complexity index is 292. The molecule has 4 unspecified atom stereocenters. The Morgan fingerprint density at radius 3 is 2.65 bits per heavy atom. The van der Waals surface area contributed by atoms with Crippen molar-refractivity contribution in [3.63, 3.8) is 0 Å². The fourth-order valence-corrected chi connectivity index (χ4v) is 2.29. The van der Waals surface area contributed by atoms with Crippen molar-refractivity contribution in [1.82, 2.24) is 0 Å². The van der Waals surface area contributed by atoms with Crippen LogP contribution in [0.1, 0.15) is 26.7 Å². The summed E-state index contributed by atoms with van der Waals surface area (Å²) in [6, 6.07) is 0. The van der Waals surface area contributed by atoms with E-state index in [1.54, 1.807) is 13.8 Å². The van der Waals surface area contributed by atoms with Crippen molar-refractivity contribution in [1.29, 1.82) is 0 Å². The first-order valence-corrected chi connectivity index (χ1v) is 5.69. The number of carboxylic acid groups (broad SMARTS) is 1. The standard InChI is InChI=1S/C11H18O6/c1-11(2)16-6-4-5-7(9(12)13)15-8(6)10(14-3)17-11/h6-8,10H,4-5H2,1-3H3,(H,12,13). The number of carboxylic acids is 1. The third kappa shape index (κ3) is 2.60. The van der Waals surface area contributed by atoms with E-state index in [1.165, 1.54) is 7.11 Å². The van der Waals surface area contributed by atoms with Gasteiger partial charge < -0.3 is 24.1 Å². The summed E-state index contributed by atoms with van der Waals surface area (Å²) in [6.07, 6.45) is -0.979. The minimum absolute atomic E-state index is 0.181. The minimum Gasteiger partial charge on any atom is -0.479 e. The second-order valence-electron chi connectivity index (χ2n) is 4.78. The van der Waals surface area contributed by atoms with Crippen LogP contribution in [0.2, 0.25) is 0 Å². The lowest BCUT2D eigenvalue weighted by atomic mass is 9.98. The molecule has 4 atom stereocenters. The van der Waals surface area contributed by atoms with E-state index in [4.69, 9.17) is 24.1 Å². The van der Waals surface area contributed by atoms with Crippen molar-refractivity contribution in [2.45, 2.75) is 57.1 Å². The molecule has 0 spiro atoms. The summed E-state index contributed by atoms with van der Waals surface area (Å²) < 4.78 is 22.0. The van der Waals surface area contributed by atoms with Crippen molar-refractivity contribution in [2.75, 3.05) is 7.11 Å². The van der Waals surface area contributed by atoms with Crippen molar-refractivity contribution in [3.05, 3.63) is 0 Å². The number of ether oxygens (including phenoxy) is 4. The van der Waals surface area contributed by atoms with E-state index in [9.17, 15) is 4.79 Å². The molecule has 0 aliphatic carbocycles. The molecule has 0 amide bonds. The minimum atomic E-state index is -0.955.